The number of rotatable bonds is 2. The van der Waals surface area contributed by atoms with Crippen LogP contribution in [0.15, 0.2) is 12.7 Å². The van der Waals surface area contributed by atoms with E-state index in [-0.39, 0.29) is 23.7 Å². The Morgan fingerprint density at radius 2 is 2.32 bits per heavy atom. The number of ether oxygens (including phenoxy) is 1. The molecule has 0 amide bonds. The summed E-state index contributed by atoms with van der Waals surface area (Å²) in [6, 6.07) is 0. The van der Waals surface area contributed by atoms with Gasteiger partial charge in [0.15, 0.2) is 11.2 Å². The molecule has 0 saturated carbocycles. The lowest BCUT2D eigenvalue weighted by Gasteiger charge is -2.19. The normalized spacial score (nSPS) is 31.1. The lowest BCUT2D eigenvalue weighted by atomic mass is 10.1. The number of hydrogen-bond donors (Lipinski definition) is 2. The summed E-state index contributed by atoms with van der Waals surface area (Å²) < 4.78 is 20.8. The first-order chi connectivity index (χ1) is 9.04. The summed E-state index contributed by atoms with van der Waals surface area (Å²) in [6.45, 7) is 1.12. The Labute approximate surface area is 107 Å². The molecule has 1 aliphatic heterocycles. The first-order valence-electron chi connectivity index (χ1n) is 5.88. The minimum Gasteiger partial charge on any atom is -0.492 e. The van der Waals surface area contributed by atoms with Crippen molar-refractivity contribution in [3.05, 3.63) is 12.7 Å². The zero-order valence-electron chi connectivity index (χ0n) is 10.2. The largest absolute Gasteiger partial charge is 0.492 e. The van der Waals surface area contributed by atoms with Crippen LogP contribution >= 0.6 is 0 Å². The monoisotopic (exact) mass is 268 g/mol. The van der Waals surface area contributed by atoms with Crippen LogP contribution < -0.4 is 0 Å². The van der Waals surface area contributed by atoms with Crippen LogP contribution in [0.5, 0.6) is 5.88 Å². The number of aliphatic hydroxyl groups excluding tert-OH is 1. The van der Waals surface area contributed by atoms with Gasteiger partial charge < -0.3 is 14.9 Å². The first-order valence-corrected chi connectivity index (χ1v) is 5.88. The lowest BCUT2D eigenvalue weighted by Crippen LogP contribution is -2.27. The van der Waals surface area contributed by atoms with E-state index in [2.05, 4.69) is 15.0 Å². The Bertz CT molecular complexity index is 619. The molecule has 1 saturated heterocycles. The standard InChI is InChI=1S/C11H13FN4O3/c1-6-2-11(12,3-17)19-10(6)16-5-15-7-8(16)13-4-14-9(7)18/h4-6,10,17H,2-3H2,1H3,(H,13,14,18)/t6-,10+,11-/m0/s1. The Morgan fingerprint density at radius 1 is 1.53 bits per heavy atom. The van der Waals surface area contributed by atoms with Gasteiger partial charge in [0.2, 0.25) is 11.7 Å². The van der Waals surface area contributed by atoms with Gasteiger partial charge in [0.1, 0.15) is 19.2 Å². The molecule has 0 spiro atoms. The Morgan fingerprint density at radius 3 is 3.00 bits per heavy atom. The average molecular weight is 268 g/mol. The summed E-state index contributed by atoms with van der Waals surface area (Å²) in [5, 5.41) is 18.6. The molecule has 3 heterocycles. The molecular weight excluding hydrogens is 255 g/mol. The fourth-order valence-electron chi connectivity index (χ4n) is 2.42. The van der Waals surface area contributed by atoms with Crippen molar-refractivity contribution >= 4 is 11.2 Å². The number of aromatic nitrogens is 4. The van der Waals surface area contributed by atoms with Crippen LogP contribution in [0.4, 0.5) is 4.39 Å². The fourth-order valence-corrected chi connectivity index (χ4v) is 2.42. The highest BCUT2D eigenvalue weighted by atomic mass is 19.2. The number of aromatic hydroxyl groups is 1. The molecule has 7 nitrogen and oxygen atoms in total. The third kappa shape index (κ3) is 1.83. The van der Waals surface area contributed by atoms with Crippen molar-refractivity contribution in [2.45, 2.75) is 25.4 Å². The first kappa shape index (κ1) is 12.2. The van der Waals surface area contributed by atoms with E-state index < -0.39 is 18.7 Å². The smallest absolute Gasteiger partial charge is 0.242 e. The van der Waals surface area contributed by atoms with Crippen molar-refractivity contribution in [1.29, 1.82) is 0 Å². The van der Waals surface area contributed by atoms with Gasteiger partial charge >= 0.3 is 0 Å². The van der Waals surface area contributed by atoms with Gasteiger partial charge in [-0.1, -0.05) is 6.92 Å². The molecule has 0 aromatic carbocycles. The SMILES string of the molecule is C[C@H]1C[C@@](F)(CO)O[C@H]1n1cnc2c(O)ncnc21. The van der Waals surface area contributed by atoms with Crippen LogP contribution in [-0.2, 0) is 4.74 Å². The highest BCUT2D eigenvalue weighted by Gasteiger charge is 2.46. The Hall–Kier alpha value is -1.80. The summed E-state index contributed by atoms with van der Waals surface area (Å²) in [5.74, 6) is -2.44. The molecule has 0 aliphatic carbocycles. The number of fused-ring (bicyclic) bond motifs is 1. The summed E-state index contributed by atoms with van der Waals surface area (Å²) in [7, 11) is 0. The van der Waals surface area contributed by atoms with Gasteiger partial charge in [0.05, 0.1) is 6.33 Å². The highest BCUT2D eigenvalue weighted by molar-refractivity contribution is 5.75. The van der Waals surface area contributed by atoms with E-state index in [0.717, 1.165) is 0 Å². The van der Waals surface area contributed by atoms with Gasteiger partial charge in [0.25, 0.3) is 0 Å². The predicted molar refractivity (Wildman–Crippen MR) is 61.8 cm³/mol. The van der Waals surface area contributed by atoms with Crippen molar-refractivity contribution in [2.75, 3.05) is 6.61 Å². The minimum atomic E-state index is -2.05. The second-order valence-corrected chi connectivity index (χ2v) is 4.75. The number of halogens is 1. The minimum absolute atomic E-state index is 0.0882. The van der Waals surface area contributed by atoms with Crippen LogP contribution in [0.25, 0.3) is 11.2 Å². The summed E-state index contributed by atoms with van der Waals surface area (Å²) in [6.07, 6.45) is 2.08. The molecule has 0 radical (unpaired) electrons. The van der Waals surface area contributed by atoms with E-state index in [1.54, 1.807) is 4.57 Å². The molecule has 2 N–H and O–H groups in total. The zero-order chi connectivity index (χ0) is 13.6. The third-order valence-corrected chi connectivity index (χ3v) is 3.30. The molecule has 1 aliphatic rings. The van der Waals surface area contributed by atoms with Crippen molar-refractivity contribution in [3.8, 4) is 5.88 Å². The Kier molecular flexibility index (Phi) is 2.64. The van der Waals surface area contributed by atoms with Crippen LogP contribution in [0.1, 0.15) is 19.6 Å². The maximum absolute atomic E-state index is 14.0. The number of hydrogen-bond acceptors (Lipinski definition) is 6. The fraction of sp³-hybridized carbons (Fsp3) is 0.545. The molecule has 3 atom stereocenters. The van der Waals surface area contributed by atoms with Crippen molar-refractivity contribution < 1.29 is 19.3 Å². The van der Waals surface area contributed by atoms with E-state index in [0.29, 0.717) is 5.65 Å². The summed E-state index contributed by atoms with van der Waals surface area (Å²) in [4.78, 5) is 11.6. The number of imidazole rings is 1. The highest BCUT2D eigenvalue weighted by Crippen LogP contribution is 2.42. The maximum atomic E-state index is 14.0. The molecule has 2 aromatic rings. The van der Waals surface area contributed by atoms with Crippen LogP contribution in [0.3, 0.4) is 0 Å². The van der Waals surface area contributed by atoms with Crippen molar-refractivity contribution in [2.24, 2.45) is 5.92 Å². The van der Waals surface area contributed by atoms with Gasteiger partial charge in [-0.3, -0.25) is 4.57 Å². The molecular formula is C11H13FN4O3. The van der Waals surface area contributed by atoms with Gasteiger partial charge in [0, 0.05) is 12.3 Å². The van der Waals surface area contributed by atoms with Gasteiger partial charge in [-0.15, -0.1) is 0 Å². The molecule has 8 heteroatoms. The van der Waals surface area contributed by atoms with Crippen molar-refractivity contribution in [1.82, 2.24) is 19.5 Å². The molecule has 0 unspecified atom stereocenters. The van der Waals surface area contributed by atoms with Gasteiger partial charge in [-0.25, -0.2) is 14.4 Å². The lowest BCUT2D eigenvalue weighted by molar-refractivity contribution is -0.177. The van der Waals surface area contributed by atoms with Crippen LogP contribution in [-0.4, -0.2) is 42.2 Å². The molecule has 2 aromatic heterocycles. The Balaban J connectivity index is 2.04. The van der Waals surface area contributed by atoms with Crippen LogP contribution in [0.2, 0.25) is 0 Å². The van der Waals surface area contributed by atoms with Gasteiger partial charge in [-0.2, -0.15) is 4.98 Å². The topological polar surface area (TPSA) is 93.3 Å². The zero-order valence-corrected chi connectivity index (χ0v) is 10.2. The number of nitrogens with zero attached hydrogens (tertiary/aromatic N) is 4. The summed E-state index contributed by atoms with van der Waals surface area (Å²) >= 11 is 0. The third-order valence-electron chi connectivity index (χ3n) is 3.30. The number of alkyl halides is 1. The van der Waals surface area contributed by atoms with E-state index in [1.165, 1.54) is 12.7 Å². The second kappa shape index (κ2) is 4.10. The van der Waals surface area contributed by atoms with Gasteiger partial charge in [-0.05, 0) is 0 Å². The molecule has 1 fully saturated rings. The molecule has 3 rings (SSSR count). The average Bonchev–Trinajstić information content (AvgIpc) is 2.92. The van der Waals surface area contributed by atoms with E-state index >= 15 is 0 Å². The molecule has 19 heavy (non-hydrogen) atoms. The summed E-state index contributed by atoms with van der Waals surface area (Å²) in [5.41, 5.74) is 0.602. The molecule has 0 bridgehead atoms. The van der Waals surface area contributed by atoms with E-state index in [9.17, 15) is 9.50 Å². The van der Waals surface area contributed by atoms with Crippen LogP contribution in [0, 0.1) is 5.92 Å². The van der Waals surface area contributed by atoms with E-state index in [4.69, 9.17) is 9.84 Å². The second-order valence-electron chi connectivity index (χ2n) is 4.75. The molecule has 102 valence electrons. The maximum Gasteiger partial charge on any atom is 0.242 e. The predicted octanol–water partition coefficient (Wildman–Crippen LogP) is 0.745. The van der Waals surface area contributed by atoms with Crippen molar-refractivity contribution in [3.63, 3.8) is 0 Å². The van der Waals surface area contributed by atoms with E-state index in [1.807, 2.05) is 6.92 Å². The number of aliphatic hydroxyl groups is 1. The quantitative estimate of drug-likeness (QED) is 0.834.